The Morgan fingerprint density at radius 3 is 2.62 bits per heavy atom. The second-order valence-electron chi connectivity index (χ2n) is 2.43. The summed E-state index contributed by atoms with van der Waals surface area (Å²) in [7, 11) is 0. The average Bonchev–Trinajstić information content (AvgIpc) is 2.17. The summed E-state index contributed by atoms with van der Waals surface area (Å²) < 4.78 is 0. The quantitative estimate of drug-likeness (QED) is 0.587. The number of nitrogens with two attached hydrogens (primary N) is 1. The Morgan fingerprint density at radius 2 is 2.08 bits per heavy atom. The van der Waals surface area contributed by atoms with Crippen LogP contribution in [-0.4, -0.2) is 11.7 Å². The number of isothiocyanates is 1. The number of nitrogens with zero attached hydrogens (tertiary/aromatic N) is 1. The first-order chi connectivity index (χ1) is 6.36. The first kappa shape index (κ1) is 9.81. The molecule has 66 valence electrons. The molecular weight excluding hydrogens is 180 g/mol. The fourth-order valence-corrected chi connectivity index (χ4v) is 1.02. The summed E-state index contributed by atoms with van der Waals surface area (Å²) in [5, 5.41) is 2.32. The maximum atomic E-state index is 5.32. The number of thiocarbonyl (C=S) groups is 1. The molecule has 0 fully saturated rings. The van der Waals surface area contributed by atoms with Gasteiger partial charge in [-0.1, -0.05) is 24.3 Å². The van der Waals surface area contributed by atoms with Crippen molar-refractivity contribution in [2.75, 3.05) is 6.54 Å². The molecule has 0 aromatic heterocycles. The SMILES string of the molecule is NCC=Cc1ccc(N=C=S)cc1. The molecule has 0 aliphatic rings. The molecule has 2 N–H and O–H groups in total. The molecule has 0 heterocycles. The lowest BCUT2D eigenvalue weighted by molar-refractivity contribution is 1.26. The van der Waals surface area contributed by atoms with Gasteiger partial charge in [-0.15, -0.1) is 0 Å². The Balaban J connectivity index is 2.80. The van der Waals surface area contributed by atoms with Gasteiger partial charge in [0.05, 0.1) is 10.8 Å². The van der Waals surface area contributed by atoms with Gasteiger partial charge >= 0.3 is 0 Å². The Morgan fingerprint density at radius 1 is 1.38 bits per heavy atom. The van der Waals surface area contributed by atoms with Gasteiger partial charge in [0.1, 0.15) is 0 Å². The summed E-state index contributed by atoms with van der Waals surface area (Å²) in [5.41, 5.74) is 7.25. The molecule has 1 rings (SSSR count). The van der Waals surface area contributed by atoms with Crippen molar-refractivity contribution >= 4 is 29.1 Å². The van der Waals surface area contributed by atoms with E-state index in [9.17, 15) is 0 Å². The van der Waals surface area contributed by atoms with E-state index in [1.54, 1.807) is 0 Å². The monoisotopic (exact) mass is 190 g/mol. The van der Waals surface area contributed by atoms with E-state index in [0.29, 0.717) is 6.54 Å². The van der Waals surface area contributed by atoms with E-state index in [-0.39, 0.29) is 0 Å². The van der Waals surface area contributed by atoms with E-state index in [1.165, 1.54) is 0 Å². The van der Waals surface area contributed by atoms with Gasteiger partial charge in [0.25, 0.3) is 0 Å². The number of hydrogen-bond donors (Lipinski definition) is 1. The molecule has 1 aromatic rings. The summed E-state index contributed by atoms with van der Waals surface area (Å²) >= 11 is 4.49. The molecule has 0 spiro atoms. The van der Waals surface area contributed by atoms with E-state index in [1.807, 2.05) is 36.4 Å². The topological polar surface area (TPSA) is 38.4 Å². The third kappa shape index (κ3) is 3.30. The first-order valence-corrected chi connectivity index (χ1v) is 4.32. The molecule has 0 aliphatic carbocycles. The number of rotatable bonds is 3. The van der Waals surface area contributed by atoms with Gasteiger partial charge in [0.2, 0.25) is 0 Å². The summed E-state index contributed by atoms with van der Waals surface area (Å²) in [6, 6.07) is 7.68. The minimum absolute atomic E-state index is 0.555. The van der Waals surface area contributed by atoms with Crippen molar-refractivity contribution in [2.45, 2.75) is 0 Å². The van der Waals surface area contributed by atoms with Crippen molar-refractivity contribution in [1.82, 2.24) is 0 Å². The van der Waals surface area contributed by atoms with Gasteiger partial charge in [-0.25, -0.2) is 0 Å². The first-order valence-electron chi connectivity index (χ1n) is 3.91. The molecule has 2 nitrogen and oxygen atoms in total. The van der Waals surface area contributed by atoms with Crippen molar-refractivity contribution < 1.29 is 0 Å². The Labute approximate surface area is 82.8 Å². The second-order valence-corrected chi connectivity index (χ2v) is 2.62. The predicted molar refractivity (Wildman–Crippen MR) is 59.2 cm³/mol. The molecule has 0 atom stereocenters. The maximum absolute atomic E-state index is 5.32. The Bertz CT molecular complexity index is 334. The standard InChI is InChI=1S/C10H10N2S/c11-7-1-2-9-3-5-10(6-4-9)12-8-13/h1-6H,7,11H2. The predicted octanol–water partition coefficient (Wildman–Crippen LogP) is 2.39. The lowest BCUT2D eigenvalue weighted by Crippen LogP contribution is -1.91. The van der Waals surface area contributed by atoms with E-state index >= 15 is 0 Å². The van der Waals surface area contributed by atoms with Gasteiger partial charge in [0, 0.05) is 6.54 Å². The van der Waals surface area contributed by atoms with Crippen LogP contribution in [0.1, 0.15) is 5.56 Å². The summed E-state index contributed by atoms with van der Waals surface area (Å²) in [6.45, 7) is 0.555. The molecule has 0 radical (unpaired) electrons. The van der Waals surface area contributed by atoms with Crippen molar-refractivity contribution in [1.29, 1.82) is 0 Å². The average molecular weight is 190 g/mol. The van der Waals surface area contributed by atoms with E-state index in [0.717, 1.165) is 11.3 Å². The molecule has 0 saturated heterocycles. The van der Waals surface area contributed by atoms with Crippen molar-refractivity contribution in [3.05, 3.63) is 35.9 Å². The van der Waals surface area contributed by atoms with Crippen LogP contribution in [0, 0.1) is 0 Å². The van der Waals surface area contributed by atoms with Gasteiger partial charge in [-0.05, 0) is 29.9 Å². The highest BCUT2D eigenvalue weighted by Gasteiger charge is 1.87. The molecule has 0 aliphatic heterocycles. The van der Waals surface area contributed by atoms with Crippen LogP contribution in [0.15, 0.2) is 35.3 Å². The number of benzene rings is 1. The molecule has 13 heavy (non-hydrogen) atoms. The van der Waals surface area contributed by atoms with E-state index in [4.69, 9.17) is 5.73 Å². The van der Waals surface area contributed by atoms with Crippen LogP contribution in [0.25, 0.3) is 6.08 Å². The molecular formula is C10H10N2S. The highest BCUT2D eigenvalue weighted by molar-refractivity contribution is 7.78. The zero-order valence-corrected chi connectivity index (χ0v) is 7.92. The van der Waals surface area contributed by atoms with Crippen molar-refractivity contribution in [2.24, 2.45) is 10.7 Å². The van der Waals surface area contributed by atoms with Crippen LogP contribution in [0.4, 0.5) is 5.69 Å². The highest BCUT2D eigenvalue weighted by atomic mass is 32.1. The fraction of sp³-hybridized carbons (Fsp3) is 0.100. The Kier molecular flexibility index (Phi) is 4.06. The maximum Gasteiger partial charge on any atom is 0.0739 e. The molecule has 0 bridgehead atoms. The van der Waals surface area contributed by atoms with Crippen LogP contribution >= 0.6 is 12.2 Å². The molecule has 0 unspecified atom stereocenters. The third-order valence-corrected chi connectivity index (χ3v) is 1.61. The smallest absolute Gasteiger partial charge is 0.0739 e. The molecule has 0 amide bonds. The zero-order valence-electron chi connectivity index (χ0n) is 7.10. The van der Waals surface area contributed by atoms with Gasteiger partial charge in [-0.3, -0.25) is 0 Å². The number of aliphatic imine (C=N–C) groups is 1. The van der Waals surface area contributed by atoms with Gasteiger partial charge < -0.3 is 5.73 Å². The normalized spacial score (nSPS) is 9.92. The summed E-state index contributed by atoms with van der Waals surface area (Å²) in [6.07, 6.45) is 3.86. The zero-order chi connectivity index (χ0) is 9.52. The summed E-state index contributed by atoms with van der Waals surface area (Å²) in [5.74, 6) is 0. The van der Waals surface area contributed by atoms with Crippen LogP contribution in [0.3, 0.4) is 0 Å². The molecule has 0 saturated carbocycles. The van der Waals surface area contributed by atoms with Crippen LogP contribution < -0.4 is 5.73 Å². The van der Waals surface area contributed by atoms with Crippen molar-refractivity contribution in [3.8, 4) is 0 Å². The second kappa shape index (κ2) is 5.38. The van der Waals surface area contributed by atoms with Crippen LogP contribution in [0.2, 0.25) is 0 Å². The largest absolute Gasteiger partial charge is 0.327 e. The number of hydrogen-bond acceptors (Lipinski definition) is 3. The van der Waals surface area contributed by atoms with Gasteiger partial charge in [0.15, 0.2) is 0 Å². The van der Waals surface area contributed by atoms with Crippen LogP contribution in [0.5, 0.6) is 0 Å². The van der Waals surface area contributed by atoms with E-state index < -0.39 is 0 Å². The van der Waals surface area contributed by atoms with Crippen molar-refractivity contribution in [3.63, 3.8) is 0 Å². The highest BCUT2D eigenvalue weighted by Crippen LogP contribution is 2.12. The fourth-order valence-electron chi connectivity index (χ4n) is 0.917. The molecule has 1 aromatic carbocycles. The summed E-state index contributed by atoms with van der Waals surface area (Å²) in [4.78, 5) is 3.84. The minimum Gasteiger partial charge on any atom is -0.327 e. The lowest BCUT2D eigenvalue weighted by Gasteiger charge is -1.93. The third-order valence-electron chi connectivity index (χ3n) is 1.51. The van der Waals surface area contributed by atoms with E-state index in [2.05, 4.69) is 22.4 Å². The van der Waals surface area contributed by atoms with Crippen LogP contribution in [-0.2, 0) is 0 Å². The lowest BCUT2D eigenvalue weighted by atomic mass is 10.2. The minimum atomic E-state index is 0.555. The van der Waals surface area contributed by atoms with Gasteiger partial charge in [-0.2, -0.15) is 4.99 Å². The Hall–Kier alpha value is -1.28. The molecule has 3 heteroatoms.